The third-order valence-corrected chi connectivity index (χ3v) is 5.59. The number of para-hydroxylation sites is 1. The molecule has 2 aromatic carbocycles. The van der Waals surface area contributed by atoms with E-state index in [1.165, 1.54) is 6.42 Å². The molecule has 0 radical (unpaired) electrons. The molecule has 1 saturated carbocycles. The van der Waals surface area contributed by atoms with Crippen molar-refractivity contribution in [1.82, 2.24) is 10.2 Å². The quantitative estimate of drug-likeness (QED) is 0.729. The van der Waals surface area contributed by atoms with Crippen molar-refractivity contribution in [2.45, 2.75) is 45.1 Å². The summed E-state index contributed by atoms with van der Waals surface area (Å²) in [4.78, 5) is 27.3. The van der Waals surface area contributed by atoms with Crippen molar-refractivity contribution in [2.75, 3.05) is 12.4 Å². The van der Waals surface area contributed by atoms with Gasteiger partial charge >= 0.3 is 0 Å². The fourth-order valence-corrected chi connectivity index (χ4v) is 3.84. The van der Waals surface area contributed by atoms with E-state index in [0.717, 1.165) is 31.2 Å². The predicted molar refractivity (Wildman–Crippen MR) is 120 cm³/mol. The average Bonchev–Trinajstić information content (AvgIpc) is 2.74. The number of carbonyl (C=O) groups excluding carboxylic acids is 2. The van der Waals surface area contributed by atoms with E-state index >= 15 is 0 Å². The Kier molecular flexibility index (Phi) is 6.99. The van der Waals surface area contributed by atoms with Gasteiger partial charge in [-0.3, -0.25) is 14.9 Å². The molecule has 0 spiro atoms. The first kappa shape index (κ1) is 21.0. The molecular formula is C23H27N3O2S. The Labute approximate surface area is 177 Å². The van der Waals surface area contributed by atoms with Gasteiger partial charge < -0.3 is 10.2 Å². The molecule has 5 nitrogen and oxygen atoms in total. The second kappa shape index (κ2) is 9.65. The minimum absolute atomic E-state index is 0.0346. The van der Waals surface area contributed by atoms with Gasteiger partial charge in [0.1, 0.15) is 0 Å². The maximum Gasteiger partial charge on any atom is 0.257 e. The predicted octanol–water partition coefficient (Wildman–Crippen LogP) is 4.53. The molecule has 1 aliphatic rings. The number of aryl methyl sites for hydroxylation is 1. The molecule has 152 valence electrons. The first-order chi connectivity index (χ1) is 14.0. The van der Waals surface area contributed by atoms with Crippen molar-refractivity contribution < 1.29 is 9.59 Å². The molecule has 0 aliphatic heterocycles. The molecular weight excluding hydrogens is 382 g/mol. The summed E-state index contributed by atoms with van der Waals surface area (Å²) in [7, 11) is 1.87. The Morgan fingerprint density at radius 2 is 1.66 bits per heavy atom. The van der Waals surface area contributed by atoms with E-state index in [-0.39, 0.29) is 23.0 Å². The number of hydrogen-bond donors (Lipinski definition) is 2. The number of hydrogen-bond acceptors (Lipinski definition) is 3. The zero-order valence-electron chi connectivity index (χ0n) is 16.9. The van der Waals surface area contributed by atoms with E-state index in [9.17, 15) is 9.59 Å². The number of amides is 2. The fourth-order valence-electron chi connectivity index (χ4n) is 3.64. The van der Waals surface area contributed by atoms with Gasteiger partial charge in [-0.2, -0.15) is 0 Å². The van der Waals surface area contributed by atoms with Crippen LogP contribution in [0.5, 0.6) is 0 Å². The molecule has 29 heavy (non-hydrogen) atoms. The molecule has 1 aliphatic carbocycles. The van der Waals surface area contributed by atoms with E-state index in [2.05, 4.69) is 10.6 Å². The van der Waals surface area contributed by atoms with Crippen LogP contribution < -0.4 is 10.6 Å². The van der Waals surface area contributed by atoms with Crippen LogP contribution in [0.4, 0.5) is 5.69 Å². The molecule has 2 aromatic rings. The molecule has 3 rings (SSSR count). The molecule has 1 fully saturated rings. The molecule has 0 atom stereocenters. The van der Waals surface area contributed by atoms with E-state index in [1.54, 1.807) is 24.3 Å². The van der Waals surface area contributed by atoms with Crippen molar-refractivity contribution >= 4 is 34.8 Å². The van der Waals surface area contributed by atoms with Gasteiger partial charge in [-0.15, -0.1) is 0 Å². The number of nitrogens with one attached hydrogen (secondary N) is 2. The summed E-state index contributed by atoms with van der Waals surface area (Å²) in [5.41, 5.74) is 2.75. The summed E-state index contributed by atoms with van der Waals surface area (Å²) in [5, 5.41) is 5.86. The topological polar surface area (TPSA) is 61.4 Å². The van der Waals surface area contributed by atoms with Crippen LogP contribution in [0.25, 0.3) is 0 Å². The molecule has 2 N–H and O–H groups in total. The number of thiocarbonyl (C=S) groups is 1. The normalized spacial score (nSPS) is 14.1. The molecule has 0 saturated heterocycles. The maximum atomic E-state index is 13.1. The van der Waals surface area contributed by atoms with Gasteiger partial charge in [-0.25, -0.2) is 0 Å². The van der Waals surface area contributed by atoms with Crippen molar-refractivity contribution in [2.24, 2.45) is 0 Å². The molecule has 0 unspecified atom stereocenters. The van der Waals surface area contributed by atoms with E-state index in [1.807, 2.05) is 43.1 Å². The highest BCUT2D eigenvalue weighted by atomic mass is 32.1. The van der Waals surface area contributed by atoms with Crippen LogP contribution in [0.2, 0.25) is 0 Å². The van der Waals surface area contributed by atoms with Gasteiger partial charge in [0.05, 0.1) is 11.3 Å². The zero-order valence-corrected chi connectivity index (χ0v) is 17.7. The number of carbonyl (C=O) groups is 2. The van der Waals surface area contributed by atoms with Crippen molar-refractivity contribution in [3.05, 3.63) is 65.2 Å². The third kappa shape index (κ3) is 5.41. The molecule has 0 aromatic heterocycles. The molecule has 0 heterocycles. The maximum absolute atomic E-state index is 13.1. The summed E-state index contributed by atoms with van der Waals surface area (Å²) in [6.45, 7) is 1.96. The number of rotatable bonds is 4. The van der Waals surface area contributed by atoms with Gasteiger partial charge in [0.15, 0.2) is 5.11 Å². The summed E-state index contributed by atoms with van der Waals surface area (Å²) in [5.74, 6) is -0.321. The third-order valence-electron chi connectivity index (χ3n) is 5.39. The molecule has 0 bridgehead atoms. The summed E-state index contributed by atoms with van der Waals surface area (Å²) in [6, 6.07) is 14.8. The van der Waals surface area contributed by atoms with Crippen LogP contribution in [-0.2, 0) is 0 Å². The van der Waals surface area contributed by atoms with Crippen LogP contribution in [0.3, 0.4) is 0 Å². The average molecular weight is 410 g/mol. The zero-order chi connectivity index (χ0) is 20.8. The first-order valence-electron chi connectivity index (χ1n) is 10.0. The SMILES string of the molecule is Cc1ccc(C(=O)NC(=S)Nc2ccccc2C(=O)N(C)C2CCCCC2)cc1. The Hall–Kier alpha value is -2.73. The second-order valence-electron chi connectivity index (χ2n) is 7.53. The van der Waals surface area contributed by atoms with Crippen LogP contribution in [0.1, 0.15) is 58.4 Å². The van der Waals surface area contributed by atoms with Crippen LogP contribution >= 0.6 is 12.2 Å². The standard InChI is InChI=1S/C23H27N3O2S/c1-16-12-14-17(15-13-16)21(27)25-23(29)24-20-11-7-6-10-19(20)22(28)26(2)18-8-4-3-5-9-18/h6-7,10-15,18H,3-5,8-9H2,1-2H3,(H2,24,25,27,29). The largest absolute Gasteiger partial charge is 0.339 e. The fraction of sp³-hybridized carbons (Fsp3) is 0.348. The Morgan fingerprint density at radius 1 is 1.00 bits per heavy atom. The van der Waals surface area contributed by atoms with Crippen LogP contribution in [0.15, 0.2) is 48.5 Å². The summed E-state index contributed by atoms with van der Waals surface area (Å²) >= 11 is 5.31. The highest BCUT2D eigenvalue weighted by Gasteiger charge is 2.24. The molecule has 6 heteroatoms. The summed E-state index contributed by atoms with van der Waals surface area (Å²) < 4.78 is 0. The lowest BCUT2D eigenvalue weighted by atomic mass is 9.94. The number of benzene rings is 2. The smallest absolute Gasteiger partial charge is 0.257 e. The lowest BCUT2D eigenvalue weighted by Crippen LogP contribution is -2.39. The van der Waals surface area contributed by atoms with Crippen LogP contribution in [-0.4, -0.2) is 34.9 Å². The minimum atomic E-state index is -0.286. The molecule has 2 amide bonds. The minimum Gasteiger partial charge on any atom is -0.339 e. The number of nitrogens with zero attached hydrogens (tertiary/aromatic N) is 1. The highest BCUT2D eigenvalue weighted by Crippen LogP contribution is 2.25. The lowest BCUT2D eigenvalue weighted by Gasteiger charge is -2.31. The van der Waals surface area contributed by atoms with Crippen molar-refractivity contribution in [3.63, 3.8) is 0 Å². The summed E-state index contributed by atoms with van der Waals surface area (Å²) in [6.07, 6.45) is 5.66. The highest BCUT2D eigenvalue weighted by molar-refractivity contribution is 7.80. The monoisotopic (exact) mass is 409 g/mol. The first-order valence-corrected chi connectivity index (χ1v) is 10.4. The second-order valence-corrected chi connectivity index (χ2v) is 7.94. The Bertz CT molecular complexity index is 889. The van der Waals surface area contributed by atoms with E-state index < -0.39 is 0 Å². The van der Waals surface area contributed by atoms with Crippen LogP contribution in [0, 0.1) is 6.92 Å². The van der Waals surface area contributed by atoms with Crippen molar-refractivity contribution in [1.29, 1.82) is 0 Å². The number of anilines is 1. The Morgan fingerprint density at radius 3 is 2.34 bits per heavy atom. The lowest BCUT2D eigenvalue weighted by molar-refractivity contribution is 0.0697. The van der Waals surface area contributed by atoms with E-state index in [4.69, 9.17) is 12.2 Å². The van der Waals surface area contributed by atoms with Gasteiger partial charge in [0.25, 0.3) is 11.8 Å². The van der Waals surface area contributed by atoms with Gasteiger partial charge in [0.2, 0.25) is 0 Å². The van der Waals surface area contributed by atoms with Gasteiger partial charge in [-0.05, 0) is 56.2 Å². The van der Waals surface area contributed by atoms with Crippen molar-refractivity contribution in [3.8, 4) is 0 Å². The Balaban J connectivity index is 1.68. The van der Waals surface area contributed by atoms with Gasteiger partial charge in [-0.1, -0.05) is 49.1 Å². The van der Waals surface area contributed by atoms with Gasteiger partial charge in [0, 0.05) is 18.7 Å². The van der Waals surface area contributed by atoms with E-state index in [0.29, 0.717) is 16.8 Å².